The molecule has 0 aliphatic rings. The number of thioether (sulfide) groups is 1. The van der Waals surface area contributed by atoms with Crippen molar-refractivity contribution in [1.29, 1.82) is 0 Å². The lowest BCUT2D eigenvalue weighted by molar-refractivity contribution is 0.414. The van der Waals surface area contributed by atoms with E-state index >= 15 is 0 Å². The lowest BCUT2D eigenvalue weighted by atomic mass is 10.1. The first-order valence-electron chi connectivity index (χ1n) is 6.60. The summed E-state index contributed by atoms with van der Waals surface area (Å²) in [4.78, 5) is 1.31. The Morgan fingerprint density at radius 2 is 1.74 bits per heavy atom. The molecule has 0 aromatic heterocycles. The molecule has 99 valence electrons. The van der Waals surface area contributed by atoms with E-state index in [-0.39, 0.29) is 0 Å². The lowest BCUT2D eigenvalue weighted by Crippen LogP contribution is -1.87. The number of benzene rings is 2. The molecular formula is C17H19OS. The molecule has 0 unspecified atom stereocenters. The molecule has 0 spiro atoms. The average Bonchev–Trinajstić information content (AvgIpc) is 2.49. The van der Waals surface area contributed by atoms with Gasteiger partial charge in [-0.25, -0.2) is 0 Å². The minimum atomic E-state index is 0.922. The van der Waals surface area contributed by atoms with Gasteiger partial charge in [-0.2, -0.15) is 0 Å². The van der Waals surface area contributed by atoms with Gasteiger partial charge in [0.2, 0.25) is 0 Å². The predicted octanol–water partition coefficient (Wildman–Crippen LogP) is 4.61. The summed E-state index contributed by atoms with van der Waals surface area (Å²) >= 11 is 1.91. The molecule has 19 heavy (non-hydrogen) atoms. The standard InChI is InChI=1S/C17H19OS/c1-18-16-10-12-17(13-11-16)19-14-6-5-9-15-7-3-2-4-8-15/h3-4,7-8,10-13H,5-6,9,14H2,1H3. The number of hydrogen-bond donors (Lipinski definition) is 0. The normalized spacial score (nSPS) is 10.4. The largest absolute Gasteiger partial charge is 0.497 e. The third kappa shape index (κ3) is 4.99. The van der Waals surface area contributed by atoms with Crippen LogP contribution in [0, 0.1) is 6.07 Å². The Bertz CT molecular complexity index is 464. The molecule has 0 amide bonds. The van der Waals surface area contributed by atoms with Crippen LogP contribution in [0.3, 0.4) is 0 Å². The van der Waals surface area contributed by atoms with Crippen LogP contribution in [0.2, 0.25) is 0 Å². The van der Waals surface area contributed by atoms with Crippen LogP contribution in [-0.2, 0) is 6.42 Å². The van der Waals surface area contributed by atoms with Crippen molar-refractivity contribution < 1.29 is 4.74 Å². The van der Waals surface area contributed by atoms with E-state index < -0.39 is 0 Å². The summed E-state index contributed by atoms with van der Waals surface area (Å²) in [6.45, 7) is 0. The Hall–Kier alpha value is -1.41. The van der Waals surface area contributed by atoms with Crippen LogP contribution in [0.5, 0.6) is 5.75 Å². The van der Waals surface area contributed by atoms with Crippen molar-refractivity contribution in [1.82, 2.24) is 0 Å². The van der Waals surface area contributed by atoms with Crippen molar-refractivity contribution in [3.63, 3.8) is 0 Å². The lowest BCUT2D eigenvalue weighted by Gasteiger charge is -2.04. The van der Waals surface area contributed by atoms with Gasteiger partial charge in [0.15, 0.2) is 0 Å². The monoisotopic (exact) mass is 271 g/mol. The van der Waals surface area contributed by atoms with Crippen LogP contribution in [-0.4, -0.2) is 12.9 Å². The van der Waals surface area contributed by atoms with Crippen LogP contribution in [0.4, 0.5) is 0 Å². The first-order valence-corrected chi connectivity index (χ1v) is 7.59. The summed E-state index contributed by atoms with van der Waals surface area (Å²) in [5.74, 6) is 2.09. The SMILES string of the molecule is COc1ccc(SCCCCc2cc[c]cc2)cc1. The number of ether oxygens (including phenoxy) is 1. The van der Waals surface area contributed by atoms with E-state index in [0.29, 0.717) is 0 Å². The van der Waals surface area contributed by atoms with Gasteiger partial charge < -0.3 is 4.74 Å². The molecule has 2 rings (SSSR count). The van der Waals surface area contributed by atoms with Crippen molar-refractivity contribution in [2.24, 2.45) is 0 Å². The molecule has 0 saturated carbocycles. The second-order valence-corrected chi connectivity index (χ2v) is 5.56. The summed E-state index contributed by atoms with van der Waals surface area (Å²) < 4.78 is 5.15. The van der Waals surface area contributed by atoms with Crippen molar-refractivity contribution in [2.45, 2.75) is 24.2 Å². The fourth-order valence-corrected chi connectivity index (χ4v) is 2.79. The zero-order chi connectivity index (χ0) is 13.3. The van der Waals surface area contributed by atoms with Gasteiger partial charge in [-0.05, 0) is 60.9 Å². The highest BCUT2D eigenvalue weighted by Gasteiger charge is 1.96. The van der Waals surface area contributed by atoms with Crippen molar-refractivity contribution in [3.8, 4) is 5.75 Å². The minimum absolute atomic E-state index is 0.922. The maximum atomic E-state index is 5.15. The Morgan fingerprint density at radius 1 is 1.00 bits per heavy atom. The van der Waals surface area contributed by atoms with Gasteiger partial charge in [0, 0.05) is 4.90 Å². The fourth-order valence-electron chi connectivity index (χ4n) is 1.88. The number of unbranched alkanes of at least 4 members (excludes halogenated alkanes) is 1. The minimum Gasteiger partial charge on any atom is -0.497 e. The van der Waals surface area contributed by atoms with Crippen molar-refractivity contribution in [2.75, 3.05) is 12.9 Å². The molecule has 2 aromatic rings. The first-order chi connectivity index (χ1) is 9.38. The van der Waals surface area contributed by atoms with Crippen molar-refractivity contribution in [3.05, 3.63) is 60.2 Å². The fraction of sp³-hybridized carbons (Fsp3) is 0.294. The molecule has 0 N–H and O–H groups in total. The highest BCUT2D eigenvalue weighted by Crippen LogP contribution is 2.22. The van der Waals surface area contributed by atoms with Gasteiger partial charge in [-0.15, -0.1) is 11.8 Å². The summed E-state index contributed by atoms with van der Waals surface area (Å²) in [5, 5.41) is 0. The quantitative estimate of drug-likeness (QED) is 0.537. The Morgan fingerprint density at radius 3 is 2.42 bits per heavy atom. The smallest absolute Gasteiger partial charge is 0.118 e. The van der Waals surface area contributed by atoms with Gasteiger partial charge in [-0.1, -0.05) is 24.3 Å². The van der Waals surface area contributed by atoms with Crippen LogP contribution in [0.1, 0.15) is 18.4 Å². The molecular weight excluding hydrogens is 252 g/mol. The zero-order valence-corrected chi connectivity index (χ0v) is 12.1. The molecule has 1 radical (unpaired) electrons. The van der Waals surface area contributed by atoms with Gasteiger partial charge in [0.05, 0.1) is 7.11 Å². The summed E-state index contributed by atoms with van der Waals surface area (Å²) in [6.07, 6.45) is 3.65. The van der Waals surface area contributed by atoms with Crippen LogP contribution < -0.4 is 4.74 Å². The number of methoxy groups -OCH3 is 1. The third-order valence-corrected chi connectivity index (χ3v) is 4.07. The molecule has 0 saturated heterocycles. The van der Waals surface area contributed by atoms with Gasteiger partial charge in [0.25, 0.3) is 0 Å². The molecule has 0 heterocycles. The second kappa shape index (κ2) is 7.90. The summed E-state index contributed by atoms with van der Waals surface area (Å²) in [7, 11) is 1.70. The molecule has 0 atom stereocenters. The number of rotatable bonds is 7. The van der Waals surface area contributed by atoms with E-state index in [1.165, 1.54) is 29.1 Å². The van der Waals surface area contributed by atoms with Crippen molar-refractivity contribution >= 4 is 11.8 Å². The molecule has 0 bridgehead atoms. The number of aryl methyl sites for hydroxylation is 1. The highest BCUT2D eigenvalue weighted by molar-refractivity contribution is 7.99. The summed E-state index contributed by atoms with van der Waals surface area (Å²) in [6, 6.07) is 19.6. The highest BCUT2D eigenvalue weighted by atomic mass is 32.2. The van der Waals surface area contributed by atoms with Crippen LogP contribution >= 0.6 is 11.8 Å². The topological polar surface area (TPSA) is 9.23 Å². The third-order valence-electron chi connectivity index (χ3n) is 2.98. The van der Waals surface area contributed by atoms with E-state index in [4.69, 9.17) is 4.74 Å². The van der Waals surface area contributed by atoms with E-state index in [1.807, 2.05) is 36.0 Å². The Kier molecular flexibility index (Phi) is 5.83. The first kappa shape index (κ1) is 14.0. The van der Waals surface area contributed by atoms with Crippen LogP contribution in [0.25, 0.3) is 0 Å². The molecule has 1 nitrogen and oxygen atoms in total. The molecule has 0 fully saturated rings. The van der Waals surface area contributed by atoms with Gasteiger partial charge >= 0.3 is 0 Å². The molecule has 0 aliphatic heterocycles. The van der Waals surface area contributed by atoms with E-state index in [2.05, 4.69) is 30.3 Å². The van der Waals surface area contributed by atoms with Gasteiger partial charge in [0.1, 0.15) is 5.75 Å². The number of hydrogen-bond acceptors (Lipinski definition) is 2. The Balaban J connectivity index is 1.63. The predicted molar refractivity (Wildman–Crippen MR) is 81.9 cm³/mol. The zero-order valence-electron chi connectivity index (χ0n) is 11.3. The second-order valence-electron chi connectivity index (χ2n) is 4.39. The maximum absolute atomic E-state index is 5.15. The van der Waals surface area contributed by atoms with Gasteiger partial charge in [-0.3, -0.25) is 0 Å². The van der Waals surface area contributed by atoms with E-state index in [0.717, 1.165) is 12.2 Å². The molecule has 2 aromatic carbocycles. The van der Waals surface area contributed by atoms with Crippen LogP contribution in [0.15, 0.2) is 53.4 Å². The maximum Gasteiger partial charge on any atom is 0.118 e. The molecule has 0 aliphatic carbocycles. The summed E-state index contributed by atoms with van der Waals surface area (Å²) in [5.41, 5.74) is 1.41. The van der Waals surface area contributed by atoms with E-state index in [1.54, 1.807) is 7.11 Å². The van der Waals surface area contributed by atoms with E-state index in [9.17, 15) is 0 Å². The average molecular weight is 271 g/mol. The Labute approximate surface area is 120 Å². The molecule has 2 heteroatoms.